The van der Waals surface area contributed by atoms with E-state index in [1.165, 1.54) is 6.33 Å². The van der Waals surface area contributed by atoms with Gasteiger partial charge in [-0.2, -0.15) is 0 Å². The third kappa shape index (κ3) is 1.97. The molecule has 1 heterocycles. The molecule has 1 aromatic carbocycles. The number of nitrogens with two attached hydrogens (primary N) is 1. The van der Waals surface area contributed by atoms with E-state index >= 15 is 0 Å². The molecule has 0 aliphatic rings. The second kappa shape index (κ2) is 3.94. The molecular weight excluding hydrogens is 256 g/mol. The Morgan fingerprint density at radius 2 is 2.13 bits per heavy atom. The average Bonchev–Trinajstić information content (AvgIpc) is 2.23. The first-order chi connectivity index (χ1) is 7.18. The standard InChI is InChI=1S/C10H9BrN4/c1-6-2-3-7(11)4-8(6)9-10(12)13-5-14-15-9/h2-5H,1H3,(H2,12,13,14). The van der Waals surface area contributed by atoms with Crippen LogP contribution in [0.4, 0.5) is 5.82 Å². The second-order valence-electron chi connectivity index (χ2n) is 3.15. The first-order valence-corrected chi connectivity index (χ1v) is 5.17. The first kappa shape index (κ1) is 10.0. The van der Waals surface area contributed by atoms with Crippen molar-refractivity contribution in [3.05, 3.63) is 34.6 Å². The van der Waals surface area contributed by atoms with Crippen molar-refractivity contribution in [2.24, 2.45) is 0 Å². The topological polar surface area (TPSA) is 64.7 Å². The summed E-state index contributed by atoms with van der Waals surface area (Å²) in [6.45, 7) is 2.00. The van der Waals surface area contributed by atoms with Gasteiger partial charge in [0.05, 0.1) is 0 Å². The minimum atomic E-state index is 0.395. The lowest BCUT2D eigenvalue weighted by Gasteiger charge is -2.06. The SMILES string of the molecule is Cc1ccc(Br)cc1-c1nncnc1N. The number of rotatable bonds is 1. The van der Waals surface area contributed by atoms with Gasteiger partial charge >= 0.3 is 0 Å². The predicted octanol–water partition coefficient (Wildman–Crippen LogP) is 2.19. The van der Waals surface area contributed by atoms with Crippen LogP contribution in [0.2, 0.25) is 0 Å². The maximum Gasteiger partial charge on any atom is 0.153 e. The highest BCUT2D eigenvalue weighted by molar-refractivity contribution is 9.10. The fourth-order valence-corrected chi connectivity index (χ4v) is 1.69. The normalized spacial score (nSPS) is 10.3. The lowest BCUT2D eigenvalue weighted by Crippen LogP contribution is -1.99. The summed E-state index contributed by atoms with van der Waals surface area (Å²) in [4.78, 5) is 3.92. The van der Waals surface area contributed by atoms with Gasteiger partial charge in [-0.3, -0.25) is 0 Å². The van der Waals surface area contributed by atoms with Crippen LogP contribution in [0.3, 0.4) is 0 Å². The highest BCUT2D eigenvalue weighted by Gasteiger charge is 2.08. The molecule has 0 amide bonds. The lowest BCUT2D eigenvalue weighted by atomic mass is 10.1. The van der Waals surface area contributed by atoms with Gasteiger partial charge in [-0.05, 0) is 24.6 Å². The Bertz CT molecular complexity index is 499. The Labute approximate surface area is 95.7 Å². The molecule has 0 bridgehead atoms. The van der Waals surface area contributed by atoms with E-state index in [9.17, 15) is 0 Å². The lowest BCUT2D eigenvalue weighted by molar-refractivity contribution is 0.982. The number of hydrogen-bond acceptors (Lipinski definition) is 4. The molecule has 76 valence electrons. The third-order valence-corrected chi connectivity index (χ3v) is 2.60. The predicted molar refractivity (Wildman–Crippen MR) is 62.1 cm³/mol. The summed E-state index contributed by atoms with van der Waals surface area (Å²) in [6.07, 6.45) is 1.34. The molecule has 0 saturated carbocycles. The van der Waals surface area contributed by atoms with E-state index in [2.05, 4.69) is 31.1 Å². The molecule has 1 aromatic heterocycles. The van der Waals surface area contributed by atoms with Gasteiger partial charge in [0.1, 0.15) is 12.0 Å². The van der Waals surface area contributed by atoms with E-state index in [1.54, 1.807) is 0 Å². The average molecular weight is 265 g/mol. The van der Waals surface area contributed by atoms with E-state index in [0.717, 1.165) is 15.6 Å². The molecule has 0 radical (unpaired) electrons. The molecule has 0 unspecified atom stereocenters. The third-order valence-electron chi connectivity index (χ3n) is 2.10. The van der Waals surface area contributed by atoms with Gasteiger partial charge in [0.2, 0.25) is 0 Å². The molecule has 0 aliphatic heterocycles. The zero-order valence-electron chi connectivity index (χ0n) is 8.11. The van der Waals surface area contributed by atoms with Crippen LogP contribution in [0.5, 0.6) is 0 Å². The van der Waals surface area contributed by atoms with Crippen LogP contribution in [0, 0.1) is 6.92 Å². The van der Waals surface area contributed by atoms with Crippen molar-refractivity contribution >= 4 is 21.7 Å². The number of anilines is 1. The van der Waals surface area contributed by atoms with Crippen molar-refractivity contribution in [1.82, 2.24) is 15.2 Å². The van der Waals surface area contributed by atoms with Crippen LogP contribution in [-0.2, 0) is 0 Å². The van der Waals surface area contributed by atoms with Crippen molar-refractivity contribution in [1.29, 1.82) is 0 Å². The van der Waals surface area contributed by atoms with Crippen molar-refractivity contribution in [2.45, 2.75) is 6.92 Å². The summed E-state index contributed by atoms with van der Waals surface area (Å²) in [5, 5.41) is 7.73. The fourth-order valence-electron chi connectivity index (χ4n) is 1.33. The van der Waals surface area contributed by atoms with Gasteiger partial charge in [-0.15, -0.1) is 10.2 Å². The molecular formula is C10H9BrN4. The largest absolute Gasteiger partial charge is 0.382 e. The summed E-state index contributed by atoms with van der Waals surface area (Å²) in [7, 11) is 0. The number of aryl methyl sites for hydroxylation is 1. The number of halogens is 1. The van der Waals surface area contributed by atoms with Crippen molar-refractivity contribution in [3.8, 4) is 11.3 Å². The number of nitrogens with zero attached hydrogens (tertiary/aromatic N) is 3. The Morgan fingerprint density at radius 1 is 1.33 bits per heavy atom. The van der Waals surface area contributed by atoms with Crippen LogP contribution in [0.1, 0.15) is 5.56 Å². The monoisotopic (exact) mass is 264 g/mol. The van der Waals surface area contributed by atoms with E-state index in [4.69, 9.17) is 5.73 Å². The van der Waals surface area contributed by atoms with Crippen molar-refractivity contribution in [2.75, 3.05) is 5.73 Å². The van der Waals surface area contributed by atoms with Crippen LogP contribution >= 0.6 is 15.9 Å². The number of hydrogen-bond donors (Lipinski definition) is 1. The van der Waals surface area contributed by atoms with Crippen LogP contribution < -0.4 is 5.73 Å². The molecule has 0 spiro atoms. The van der Waals surface area contributed by atoms with E-state index < -0.39 is 0 Å². The number of nitrogen functional groups attached to an aromatic ring is 1. The van der Waals surface area contributed by atoms with Crippen LogP contribution in [0.15, 0.2) is 29.0 Å². The summed E-state index contributed by atoms with van der Waals surface area (Å²) in [6, 6.07) is 5.92. The van der Waals surface area contributed by atoms with Gasteiger partial charge in [-0.1, -0.05) is 22.0 Å². The zero-order valence-corrected chi connectivity index (χ0v) is 9.69. The zero-order chi connectivity index (χ0) is 10.8. The summed E-state index contributed by atoms with van der Waals surface area (Å²) in [5.41, 5.74) is 8.40. The second-order valence-corrected chi connectivity index (χ2v) is 4.07. The molecule has 2 rings (SSSR count). The summed E-state index contributed by atoms with van der Waals surface area (Å²) in [5.74, 6) is 0.395. The molecule has 0 saturated heterocycles. The molecule has 2 N–H and O–H groups in total. The fraction of sp³-hybridized carbons (Fsp3) is 0.100. The van der Waals surface area contributed by atoms with E-state index in [1.807, 2.05) is 25.1 Å². The minimum Gasteiger partial charge on any atom is -0.382 e. The Hall–Kier alpha value is -1.49. The molecule has 15 heavy (non-hydrogen) atoms. The Kier molecular flexibility index (Phi) is 2.64. The quantitative estimate of drug-likeness (QED) is 0.858. The number of benzene rings is 1. The minimum absolute atomic E-state index is 0.395. The Balaban J connectivity index is 2.64. The number of aromatic nitrogens is 3. The van der Waals surface area contributed by atoms with E-state index in [-0.39, 0.29) is 0 Å². The smallest absolute Gasteiger partial charge is 0.153 e. The molecule has 4 nitrogen and oxygen atoms in total. The maximum absolute atomic E-state index is 5.74. The first-order valence-electron chi connectivity index (χ1n) is 4.38. The van der Waals surface area contributed by atoms with Gasteiger partial charge in [-0.25, -0.2) is 4.98 Å². The van der Waals surface area contributed by atoms with Gasteiger partial charge < -0.3 is 5.73 Å². The highest BCUT2D eigenvalue weighted by atomic mass is 79.9. The van der Waals surface area contributed by atoms with Gasteiger partial charge in [0.25, 0.3) is 0 Å². The molecule has 2 aromatic rings. The molecule has 0 atom stereocenters. The van der Waals surface area contributed by atoms with Crippen molar-refractivity contribution < 1.29 is 0 Å². The van der Waals surface area contributed by atoms with Crippen LogP contribution in [-0.4, -0.2) is 15.2 Å². The summed E-state index contributed by atoms with van der Waals surface area (Å²) >= 11 is 3.41. The van der Waals surface area contributed by atoms with Crippen molar-refractivity contribution in [3.63, 3.8) is 0 Å². The molecule has 0 fully saturated rings. The molecule has 0 aliphatic carbocycles. The Morgan fingerprint density at radius 3 is 2.87 bits per heavy atom. The van der Waals surface area contributed by atoms with Gasteiger partial charge in [0, 0.05) is 10.0 Å². The van der Waals surface area contributed by atoms with E-state index in [0.29, 0.717) is 11.5 Å². The summed E-state index contributed by atoms with van der Waals surface area (Å²) < 4.78 is 0.980. The highest BCUT2D eigenvalue weighted by Crippen LogP contribution is 2.27. The van der Waals surface area contributed by atoms with Gasteiger partial charge in [0.15, 0.2) is 5.82 Å². The maximum atomic E-state index is 5.74. The molecule has 5 heteroatoms. The van der Waals surface area contributed by atoms with Crippen LogP contribution in [0.25, 0.3) is 11.3 Å².